The molecule has 0 bridgehead atoms. The Hall–Kier alpha value is -3.44. The molecule has 5 heteroatoms. The Morgan fingerprint density at radius 3 is 1.93 bits per heavy atom. The first-order valence-electron chi connectivity index (χ1n) is 8.83. The predicted molar refractivity (Wildman–Crippen MR) is 104 cm³/mol. The highest BCUT2D eigenvalue weighted by atomic mass is 16.5. The molecule has 2 N–H and O–H groups in total. The molecule has 0 aliphatic carbocycles. The topological polar surface area (TPSA) is 83.8 Å². The summed E-state index contributed by atoms with van der Waals surface area (Å²) in [6.45, 7) is -0.291. The lowest BCUT2D eigenvalue weighted by atomic mass is 9.92. The molecule has 0 unspecified atom stereocenters. The molecule has 0 aromatic heterocycles. The van der Waals surface area contributed by atoms with Gasteiger partial charge in [0.25, 0.3) is 0 Å². The highest BCUT2D eigenvalue weighted by Crippen LogP contribution is 2.23. The van der Waals surface area contributed by atoms with Gasteiger partial charge in [-0.2, -0.15) is 0 Å². The lowest BCUT2D eigenvalue weighted by Crippen LogP contribution is -2.14. The van der Waals surface area contributed by atoms with E-state index in [-0.39, 0.29) is 30.8 Å². The third kappa shape index (κ3) is 4.64. The zero-order valence-electron chi connectivity index (χ0n) is 15.2. The number of ether oxygens (including phenoxy) is 1. The SMILES string of the molecule is O=C(O)c1cc(CO)cc(C(=O)OCc2ccccc2)c1Cc1ccccc1. The molecule has 0 aliphatic heterocycles. The summed E-state index contributed by atoms with van der Waals surface area (Å²) in [6.07, 6.45) is 0.268. The fraction of sp³-hybridized carbons (Fsp3) is 0.130. The quantitative estimate of drug-likeness (QED) is 0.613. The minimum atomic E-state index is -1.15. The number of aliphatic hydroxyl groups is 1. The van der Waals surface area contributed by atoms with Gasteiger partial charge in [-0.1, -0.05) is 60.7 Å². The van der Waals surface area contributed by atoms with Crippen molar-refractivity contribution in [3.05, 3.63) is 106 Å². The van der Waals surface area contributed by atoms with E-state index >= 15 is 0 Å². The van der Waals surface area contributed by atoms with E-state index in [1.807, 2.05) is 60.7 Å². The number of aromatic carboxylic acids is 1. The van der Waals surface area contributed by atoms with E-state index in [1.165, 1.54) is 12.1 Å². The average Bonchev–Trinajstić information content (AvgIpc) is 2.73. The van der Waals surface area contributed by atoms with Gasteiger partial charge in [0.1, 0.15) is 6.61 Å². The summed E-state index contributed by atoms with van der Waals surface area (Å²) in [5.41, 5.74) is 2.57. The van der Waals surface area contributed by atoms with E-state index < -0.39 is 11.9 Å². The molecule has 0 aliphatic rings. The predicted octanol–water partition coefficient (Wildman–Crippen LogP) is 3.82. The van der Waals surface area contributed by atoms with Crippen LogP contribution in [0.3, 0.4) is 0 Å². The Balaban J connectivity index is 1.98. The third-order valence-corrected chi connectivity index (χ3v) is 4.38. The number of carboxylic acid groups (broad SMARTS) is 1. The molecule has 0 saturated heterocycles. The van der Waals surface area contributed by atoms with Crippen LogP contribution < -0.4 is 0 Å². The van der Waals surface area contributed by atoms with Crippen LogP contribution in [-0.4, -0.2) is 22.2 Å². The summed E-state index contributed by atoms with van der Waals surface area (Å²) >= 11 is 0. The molecule has 0 atom stereocenters. The van der Waals surface area contributed by atoms with Gasteiger partial charge in [-0.25, -0.2) is 9.59 Å². The normalized spacial score (nSPS) is 10.5. The fourth-order valence-electron chi connectivity index (χ4n) is 2.99. The van der Waals surface area contributed by atoms with E-state index in [9.17, 15) is 19.8 Å². The molecule has 3 aromatic carbocycles. The van der Waals surface area contributed by atoms with E-state index in [4.69, 9.17) is 4.74 Å². The fourth-order valence-corrected chi connectivity index (χ4v) is 2.99. The van der Waals surface area contributed by atoms with E-state index in [2.05, 4.69) is 0 Å². The number of hydrogen-bond donors (Lipinski definition) is 2. The number of benzene rings is 3. The Kier molecular flexibility index (Phi) is 6.19. The summed E-state index contributed by atoms with van der Waals surface area (Å²) in [4.78, 5) is 24.6. The molecule has 0 heterocycles. The zero-order valence-corrected chi connectivity index (χ0v) is 15.2. The molecule has 0 radical (unpaired) electrons. The molecular formula is C23H20O5. The van der Waals surface area contributed by atoms with Crippen molar-refractivity contribution in [2.24, 2.45) is 0 Å². The monoisotopic (exact) mass is 376 g/mol. The van der Waals surface area contributed by atoms with Crippen molar-refractivity contribution >= 4 is 11.9 Å². The van der Waals surface area contributed by atoms with Crippen LogP contribution in [0.5, 0.6) is 0 Å². The molecule has 3 rings (SSSR count). The Morgan fingerprint density at radius 1 is 0.786 bits per heavy atom. The van der Waals surface area contributed by atoms with E-state index in [0.717, 1.165) is 11.1 Å². The first-order valence-corrected chi connectivity index (χ1v) is 8.83. The largest absolute Gasteiger partial charge is 0.478 e. The van der Waals surface area contributed by atoms with Crippen molar-refractivity contribution in [2.75, 3.05) is 0 Å². The molecule has 0 saturated carbocycles. The van der Waals surface area contributed by atoms with Crippen molar-refractivity contribution in [1.82, 2.24) is 0 Å². The van der Waals surface area contributed by atoms with E-state index in [0.29, 0.717) is 11.1 Å². The lowest BCUT2D eigenvalue weighted by molar-refractivity contribution is 0.0471. The number of carbonyl (C=O) groups excluding carboxylic acids is 1. The summed E-state index contributed by atoms with van der Waals surface area (Å²) in [6, 6.07) is 21.4. The number of rotatable bonds is 7. The molecule has 0 spiro atoms. The van der Waals surface area contributed by atoms with Crippen LogP contribution in [0.15, 0.2) is 72.8 Å². The number of carbonyl (C=O) groups is 2. The maximum Gasteiger partial charge on any atom is 0.338 e. The highest BCUT2D eigenvalue weighted by Gasteiger charge is 2.22. The van der Waals surface area contributed by atoms with Gasteiger partial charge >= 0.3 is 11.9 Å². The maximum atomic E-state index is 12.8. The number of esters is 1. The minimum absolute atomic E-state index is 0.0120. The Labute approximate surface area is 162 Å². The smallest absolute Gasteiger partial charge is 0.338 e. The lowest BCUT2D eigenvalue weighted by Gasteiger charge is -2.15. The van der Waals surface area contributed by atoms with Crippen molar-refractivity contribution in [3.63, 3.8) is 0 Å². The zero-order chi connectivity index (χ0) is 19.9. The molecule has 0 fully saturated rings. The average molecular weight is 376 g/mol. The summed E-state index contributed by atoms with van der Waals surface area (Å²) in [5, 5.41) is 19.1. The molecule has 5 nitrogen and oxygen atoms in total. The minimum Gasteiger partial charge on any atom is -0.478 e. The second-order valence-electron chi connectivity index (χ2n) is 6.36. The van der Waals surface area contributed by atoms with Crippen LogP contribution in [0.1, 0.15) is 43.0 Å². The van der Waals surface area contributed by atoms with Crippen LogP contribution in [0, 0.1) is 0 Å². The first-order chi connectivity index (χ1) is 13.6. The van der Waals surface area contributed by atoms with Crippen LogP contribution in [-0.2, 0) is 24.4 Å². The van der Waals surface area contributed by atoms with Gasteiger partial charge in [0.05, 0.1) is 17.7 Å². The van der Waals surface area contributed by atoms with Gasteiger partial charge in [-0.05, 0) is 40.8 Å². The van der Waals surface area contributed by atoms with Crippen LogP contribution in [0.2, 0.25) is 0 Å². The molecule has 3 aromatic rings. The summed E-state index contributed by atoms with van der Waals surface area (Å²) in [7, 11) is 0. The maximum absolute atomic E-state index is 12.8. The van der Waals surface area contributed by atoms with Gasteiger partial charge < -0.3 is 14.9 Å². The summed E-state index contributed by atoms with van der Waals surface area (Å²) in [5.74, 6) is -1.77. The van der Waals surface area contributed by atoms with E-state index in [1.54, 1.807) is 0 Å². The van der Waals surface area contributed by atoms with Crippen molar-refractivity contribution in [1.29, 1.82) is 0 Å². The third-order valence-electron chi connectivity index (χ3n) is 4.38. The van der Waals surface area contributed by atoms with Gasteiger partial charge in [0.2, 0.25) is 0 Å². The summed E-state index contributed by atoms with van der Waals surface area (Å²) < 4.78 is 5.41. The molecule has 0 amide bonds. The van der Waals surface area contributed by atoms with Gasteiger partial charge in [-0.15, -0.1) is 0 Å². The molecular weight excluding hydrogens is 356 g/mol. The number of carboxylic acids is 1. The van der Waals surface area contributed by atoms with Gasteiger partial charge in [0, 0.05) is 0 Å². The molecule has 142 valence electrons. The Morgan fingerprint density at radius 2 is 1.36 bits per heavy atom. The standard InChI is InChI=1S/C23H20O5/c24-14-18-12-20(22(25)26)19(11-16-7-3-1-4-8-16)21(13-18)23(27)28-15-17-9-5-2-6-10-17/h1-10,12-13,24H,11,14-15H2,(H,25,26). The van der Waals surface area contributed by atoms with Gasteiger partial charge in [-0.3, -0.25) is 0 Å². The van der Waals surface area contributed by atoms with Crippen molar-refractivity contribution in [3.8, 4) is 0 Å². The first kappa shape index (κ1) is 19.3. The Bertz CT molecular complexity index is 965. The van der Waals surface area contributed by atoms with Crippen LogP contribution in [0.25, 0.3) is 0 Å². The van der Waals surface area contributed by atoms with Crippen molar-refractivity contribution in [2.45, 2.75) is 19.6 Å². The number of hydrogen-bond acceptors (Lipinski definition) is 4. The highest BCUT2D eigenvalue weighted by molar-refractivity contribution is 5.98. The van der Waals surface area contributed by atoms with Crippen molar-refractivity contribution < 1.29 is 24.5 Å². The van der Waals surface area contributed by atoms with Gasteiger partial charge in [0.15, 0.2) is 0 Å². The second-order valence-corrected chi connectivity index (χ2v) is 6.36. The molecule has 28 heavy (non-hydrogen) atoms. The van der Waals surface area contributed by atoms with Crippen LogP contribution >= 0.6 is 0 Å². The second kappa shape index (κ2) is 8.97. The number of aliphatic hydroxyl groups excluding tert-OH is 1. The van der Waals surface area contributed by atoms with Crippen LogP contribution in [0.4, 0.5) is 0 Å².